The Kier molecular flexibility index (Phi) is 3.28. The van der Waals surface area contributed by atoms with Crippen molar-refractivity contribution in [3.05, 3.63) is 35.4 Å². The maximum Gasteiger partial charge on any atom is 0.208 e. The minimum absolute atomic E-state index is 0.109. The van der Waals surface area contributed by atoms with Gasteiger partial charge in [0.05, 0.1) is 18.0 Å². The van der Waals surface area contributed by atoms with Crippen LogP contribution in [-0.4, -0.2) is 18.0 Å². The molecule has 2 rings (SSSR count). The van der Waals surface area contributed by atoms with Gasteiger partial charge in [-0.25, -0.2) is 8.78 Å². The van der Waals surface area contributed by atoms with Crippen molar-refractivity contribution < 1.29 is 18.3 Å². The first-order valence-electron chi connectivity index (χ1n) is 4.91. The molecule has 88 valence electrons. The Morgan fingerprint density at radius 2 is 2.25 bits per heavy atom. The molecule has 16 heavy (non-hydrogen) atoms. The minimum atomic E-state index is -1.14. The summed E-state index contributed by atoms with van der Waals surface area (Å²) < 4.78 is 37.5. The van der Waals surface area contributed by atoms with E-state index >= 15 is 0 Å². The van der Waals surface area contributed by atoms with Crippen LogP contribution < -0.4 is 0 Å². The normalized spacial score (nSPS) is 29.6. The van der Waals surface area contributed by atoms with Crippen LogP contribution in [-0.2, 0) is 15.3 Å². The summed E-state index contributed by atoms with van der Waals surface area (Å²) in [5.74, 6) is -2.41. The molecule has 0 aliphatic carbocycles. The number of halogens is 3. The van der Waals surface area contributed by atoms with Crippen molar-refractivity contribution >= 4 is 15.9 Å². The molecule has 1 aliphatic rings. The summed E-state index contributed by atoms with van der Waals surface area (Å²) >= 11 is 3.24. The van der Waals surface area contributed by atoms with Crippen molar-refractivity contribution in [1.29, 1.82) is 0 Å². The zero-order valence-corrected chi connectivity index (χ0v) is 10.3. The van der Waals surface area contributed by atoms with Crippen molar-refractivity contribution in [2.75, 3.05) is 11.9 Å². The summed E-state index contributed by atoms with van der Waals surface area (Å²) in [5.41, 5.74) is 0.218. The van der Waals surface area contributed by atoms with Gasteiger partial charge in [-0.1, -0.05) is 15.9 Å². The van der Waals surface area contributed by atoms with E-state index in [1.54, 1.807) is 0 Å². The van der Waals surface area contributed by atoms with Crippen LogP contribution in [0.2, 0.25) is 0 Å². The van der Waals surface area contributed by atoms with E-state index in [1.807, 2.05) is 6.92 Å². The summed E-state index contributed by atoms with van der Waals surface area (Å²) in [4.78, 5) is 0. The van der Waals surface area contributed by atoms with E-state index in [9.17, 15) is 8.78 Å². The van der Waals surface area contributed by atoms with Gasteiger partial charge >= 0.3 is 0 Å². The van der Waals surface area contributed by atoms with Gasteiger partial charge in [0.15, 0.2) is 0 Å². The summed E-state index contributed by atoms with van der Waals surface area (Å²) in [7, 11) is 0. The van der Waals surface area contributed by atoms with Crippen LogP contribution in [0.25, 0.3) is 0 Å². The fourth-order valence-electron chi connectivity index (χ4n) is 1.73. The van der Waals surface area contributed by atoms with E-state index in [-0.39, 0.29) is 11.7 Å². The number of hydrogen-bond donors (Lipinski definition) is 0. The average molecular weight is 293 g/mol. The van der Waals surface area contributed by atoms with E-state index in [2.05, 4.69) is 15.9 Å². The molecule has 1 aromatic rings. The molecule has 5 heteroatoms. The third kappa shape index (κ3) is 1.99. The van der Waals surface area contributed by atoms with Crippen LogP contribution >= 0.6 is 15.9 Å². The number of ether oxygens (including phenoxy) is 2. The quantitative estimate of drug-likeness (QED) is 0.781. The Morgan fingerprint density at radius 1 is 1.50 bits per heavy atom. The summed E-state index contributed by atoms with van der Waals surface area (Å²) in [6.45, 7) is 2.23. The number of rotatable bonds is 2. The van der Waals surface area contributed by atoms with Gasteiger partial charge in [-0.05, 0) is 19.1 Å². The number of benzene rings is 1. The van der Waals surface area contributed by atoms with Crippen LogP contribution in [0.4, 0.5) is 8.78 Å². The van der Waals surface area contributed by atoms with Crippen molar-refractivity contribution in [3.8, 4) is 0 Å². The van der Waals surface area contributed by atoms with E-state index < -0.39 is 17.4 Å². The number of hydrogen-bond acceptors (Lipinski definition) is 2. The van der Waals surface area contributed by atoms with E-state index in [0.29, 0.717) is 11.9 Å². The second kappa shape index (κ2) is 4.39. The molecule has 0 spiro atoms. The molecular weight excluding hydrogens is 282 g/mol. The van der Waals surface area contributed by atoms with Gasteiger partial charge in [0.25, 0.3) is 0 Å². The SMILES string of the molecule is C[C@@H]1CO[C@](CBr)(c2ccc(F)cc2F)O1. The highest BCUT2D eigenvalue weighted by molar-refractivity contribution is 9.09. The molecule has 1 aliphatic heterocycles. The van der Waals surface area contributed by atoms with Crippen LogP contribution in [0.15, 0.2) is 18.2 Å². The molecule has 0 unspecified atom stereocenters. The smallest absolute Gasteiger partial charge is 0.208 e. The van der Waals surface area contributed by atoms with Crippen LogP contribution in [0.5, 0.6) is 0 Å². The van der Waals surface area contributed by atoms with Crippen molar-refractivity contribution in [1.82, 2.24) is 0 Å². The highest BCUT2D eigenvalue weighted by Crippen LogP contribution is 2.37. The maximum atomic E-state index is 13.6. The van der Waals surface area contributed by atoms with E-state index in [1.165, 1.54) is 12.1 Å². The lowest BCUT2D eigenvalue weighted by Gasteiger charge is -2.26. The maximum absolute atomic E-state index is 13.6. The molecular formula is C11H11BrF2O2. The molecule has 0 radical (unpaired) electrons. The Morgan fingerprint density at radius 3 is 2.75 bits per heavy atom. The first-order chi connectivity index (χ1) is 7.57. The molecule has 2 atom stereocenters. The third-order valence-corrected chi connectivity index (χ3v) is 3.20. The van der Waals surface area contributed by atoms with E-state index in [0.717, 1.165) is 6.07 Å². The second-order valence-electron chi connectivity index (χ2n) is 3.75. The standard InChI is InChI=1S/C11H11BrF2O2/c1-7-5-15-11(6-12,16-7)9-3-2-8(13)4-10(9)14/h2-4,7H,5-6H2,1H3/t7-,11+/m1/s1. The fourth-order valence-corrected chi connectivity index (χ4v) is 2.32. The fraction of sp³-hybridized carbons (Fsp3) is 0.455. The van der Waals surface area contributed by atoms with Crippen molar-refractivity contribution in [2.45, 2.75) is 18.8 Å². The molecule has 0 N–H and O–H groups in total. The third-order valence-electron chi connectivity index (χ3n) is 2.46. The summed E-state index contributed by atoms with van der Waals surface area (Å²) in [5, 5.41) is 0.299. The molecule has 1 aromatic carbocycles. The Labute approximate surface area is 101 Å². The minimum Gasteiger partial charge on any atom is -0.342 e. The van der Waals surface area contributed by atoms with Crippen molar-refractivity contribution in [3.63, 3.8) is 0 Å². The molecule has 0 amide bonds. The zero-order chi connectivity index (χ0) is 11.8. The monoisotopic (exact) mass is 292 g/mol. The lowest BCUT2D eigenvalue weighted by molar-refractivity contribution is -0.156. The summed E-state index contributed by atoms with van der Waals surface area (Å²) in [6, 6.07) is 3.37. The van der Waals surface area contributed by atoms with Crippen molar-refractivity contribution in [2.24, 2.45) is 0 Å². The summed E-state index contributed by atoms with van der Waals surface area (Å²) in [6.07, 6.45) is -0.109. The largest absolute Gasteiger partial charge is 0.342 e. The second-order valence-corrected chi connectivity index (χ2v) is 4.31. The van der Waals surface area contributed by atoms with Gasteiger partial charge in [0.2, 0.25) is 5.79 Å². The Bertz CT molecular complexity index is 400. The molecule has 0 saturated carbocycles. The van der Waals surface area contributed by atoms with E-state index in [4.69, 9.17) is 9.47 Å². The van der Waals surface area contributed by atoms with Gasteiger partial charge in [0.1, 0.15) is 11.6 Å². The van der Waals surface area contributed by atoms with Gasteiger partial charge in [0, 0.05) is 11.6 Å². The van der Waals surface area contributed by atoms with Crippen LogP contribution in [0, 0.1) is 11.6 Å². The van der Waals surface area contributed by atoms with Gasteiger partial charge in [-0.2, -0.15) is 0 Å². The molecule has 1 heterocycles. The highest BCUT2D eigenvalue weighted by atomic mass is 79.9. The Balaban J connectivity index is 2.41. The van der Waals surface area contributed by atoms with Crippen LogP contribution in [0.3, 0.4) is 0 Å². The predicted molar refractivity (Wildman–Crippen MR) is 58.3 cm³/mol. The topological polar surface area (TPSA) is 18.5 Å². The highest BCUT2D eigenvalue weighted by Gasteiger charge is 2.42. The van der Waals surface area contributed by atoms with Gasteiger partial charge in [-0.15, -0.1) is 0 Å². The predicted octanol–water partition coefficient (Wildman–Crippen LogP) is 2.95. The lowest BCUT2D eigenvalue weighted by Crippen LogP contribution is -2.31. The average Bonchev–Trinajstić information content (AvgIpc) is 2.61. The molecule has 2 nitrogen and oxygen atoms in total. The van der Waals surface area contributed by atoms with Gasteiger partial charge < -0.3 is 9.47 Å². The van der Waals surface area contributed by atoms with Gasteiger partial charge in [-0.3, -0.25) is 0 Å². The molecule has 0 bridgehead atoms. The lowest BCUT2D eigenvalue weighted by atomic mass is 10.1. The number of alkyl halides is 1. The first kappa shape index (κ1) is 12.0. The Hall–Kier alpha value is -0.520. The molecule has 1 saturated heterocycles. The van der Waals surface area contributed by atoms with Crippen LogP contribution in [0.1, 0.15) is 12.5 Å². The molecule has 1 fully saturated rings. The first-order valence-corrected chi connectivity index (χ1v) is 6.03. The molecule has 0 aromatic heterocycles. The zero-order valence-electron chi connectivity index (χ0n) is 8.67.